The van der Waals surface area contributed by atoms with E-state index in [1.807, 2.05) is 20.8 Å². The molecule has 1 aliphatic heterocycles. The Morgan fingerprint density at radius 3 is 2.80 bits per heavy atom. The number of nitrogens with zero attached hydrogens (tertiary/aromatic N) is 2. The van der Waals surface area contributed by atoms with Crippen molar-refractivity contribution in [1.29, 1.82) is 0 Å². The summed E-state index contributed by atoms with van der Waals surface area (Å²) in [6, 6.07) is 0. The lowest BCUT2D eigenvalue weighted by molar-refractivity contribution is -0.128. The molecule has 0 aromatic rings. The van der Waals surface area contributed by atoms with Crippen LogP contribution in [0.4, 0.5) is 0 Å². The number of amidine groups is 1. The van der Waals surface area contributed by atoms with Gasteiger partial charge in [0.15, 0.2) is 10.3 Å². The summed E-state index contributed by atoms with van der Waals surface area (Å²) in [6.45, 7) is 14.1. The van der Waals surface area contributed by atoms with Crippen LogP contribution in [-0.2, 0) is 4.79 Å². The topological polar surface area (TPSA) is 56.7 Å². The molecule has 1 rings (SSSR count). The third-order valence-corrected chi connectivity index (χ3v) is 3.84. The van der Waals surface area contributed by atoms with Crippen molar-refractivity contribution in [2.45, 2.75) is 25.5 Å². The maximum absolute atomic E-state index is 12.3. The van der Waals surface area contributed by atoms with E-state index in [-0.39, 0.29) is 5.91 Å². The summed E-state index contributed by atoms with van der Waals surface area (Å²) in [4.78, 5) is 13.9. The van der Waals surface area contributed by atoms with Gasteiger partial charge in [-0.25, -0.2) is 0 Å². The van der Waals surface area contributed by atoms with E-state index in [0.717, 1.165) is 5.57 Å². The van der Waals surface area contributed by atoms with Crippen LogP contribution in [0.3, 0.4) is 0 Å². The quantitative estimate of drug-likeness (QED) is 0.461. The molecule has 0 atom stereocenters. The number of thiocarbonyl (C=S) groups is 1. The van der Waals surface area contributed by atoms with Crippen LogP contribution >= 0.6 is 24.0 Å². The number of hydrazone groups is 1. The Kier molecular flexibility index (Phi) is 5.76. The van der Waals surface area contributed by atoms with E-state index >= 15 is 0 Å². The number of thioether (sulfide) groups is 1. The summed E-state index contributed by atoms with van der Waals surface area (Å²) >= 11 is 6.47. The third kappa shape index (κ3) is 4.35. The van der Waals surface area contributed by atoms with Gasteiger partial charge in [-0.3, -0.25) is 15.1 Å². The highest BCUT2D eigenvalue weighted by molar-refractivity contribution is 8.16. The van der Waals surface area contributed by atoms with Crippen molar-refractivity contribution in [2.75, 3.05) is 13.1 Å². The molecule has 0 aromatic carbocycles. The molecule has 1 aliphatic rings. The number of nitrogens with one attached hydrogen (secondary N) is 2. The minimum absolute atomic E-state index is 0.0241. The van der Waals surface area contributed by atoms with Gasteiger partial charge in [0.25, 0.3) is 0 Å². The zero-order valence-corrected chi connectivity index (χ0v) is 13.7. The van der Waals surface area contributed by atoms with E-state index in [4.69, 9.17) is 12.2 Å². The maximum atomic E-state index is 12.3. The Labute approximate surface area is 129 Å². The maximum Gasteiger partial charge on any atom is 0.245 e. The Hall–Kier alpha value is -1.34. The number of hydrogen-bond acceptors (Lipinski definition) is 4. The van der Waals surface area contributed by atoms with Gasteiger partial charge in [-0.15, -0.1) is 11.7 Å². The van der Waals surface area contributed by atoms with Crippen LogP contribution in [0.1, 0.15) is 20.8 Å². The molecule has 0 saturated carbocycles. The molecule has 2 N–H and O–H groups in total. The molecule has 1 saturated heterocycles. The number of rotatable bonds is 5. The molecule has 0 spiro atoms. The van der Waals surface area contributed by atoms with Gasteiger partial charge in [-0.2, -0.15) is 0 Å². The summed E-state index contributed by atoms with van der Waals surface area (Å²) in [5.41, 5.74) is 3.64. The molecule has 5 nitrogen and oxygen atoms in total. The van der Waals surface area contributed by atoms with E-state index < -0.39 is 4.75 Å². The summed E-state index contributed by atoms with van der Waals surface area (Å²) in [5, 5.41) is 8.12. The minimum Gasteiger partial charge on any atom is -0.358 e. The smallest absolute Gasteiger partial charge is 0.245 e. The van der Waals surface area contributed by atoms with E-state index in [1.54, 1.807) is 11.0 Å². The fourth-order valence-corrected chi connectivity index (χ4v) is 2.67. The van der Waals surface area contributed by atoms with Crippen molar-refractivity contribution >= 4 is 40.2 Å². The first kappa shape index (κ1) is 16.7. The van der Waals surface area contributed by atoms with Crippen LogP contribution in [0.15, 0.2) is 29.9 Å². The van der Waals surface area contributed by atoms with E-state index in [1.165, 1.54) is 11.8 Å². The van der Waals surface area contributed by atoms with Crippen molar-refractivity contribution in [3.63, 3.8) is 0 Å². The Morgan fingerprint density at radius 1 is 1.60 bits per heavy atom. The molecule has 1 amide bonds. The number of carbonyl (C=O) groups is 1. The second-order valence-electron chi connectivity index (χ2n) is 4.97. The standard InChI is InChI=1S/C13H20N4OS2/c1-6-7-14-11(19)15-16-12-17(8-9(2)3)10(18)13(4,5)20-12/h6H,1-2,7-8H2,3-5H3,(H2,14,15,19)/b16-12-. The molecule has 0 bridgehead atoms. The van der Waals surface area contributed by atoms with Gasteiger partial charge in [-0.05, 0) is 33.0 Å². The largest absolute Gasteiger partial charge is 0.358 e. The first-order valence-electron chi connectivity index (χ1n) is 6.15. The van der Waals surface area contributed by atoms with Gasteiger partial charge >= 0.3 is 0 Å². The highest BCUT2D eigenvalue weighted by Gasteiger charge is 2.44. The summed E-state index contributed by atoms with van der Waals surface area (Å²) in [7, 11) is 0. The molecule has 0 aliphatic carbocycles. The Morgan fingerprint density at radius 2 is 2.25 bits per heavy atom. The van der Waals surface area contributed by atoms with Crippen LogP contribution in [0.2, 0.25) is 0 Å². The summed E-state index contributed by atoms with van der Waals surface area (Å²) in [6.07, 6.45) is 1.70. The third-order valence-electron chi connectivity index (χ3n) is 2.43. The van der Waals surface area contributed by atoms with Crippen molar-refractivity contribution in [3.8, 4) is 0 Å². The minimum atomic E-state index is -0.522. The highest BCUT2D eigenvalue weighted by Crippen LogP contribution is 2.36. The van der Waals surface area contributed by atoms with Crippen LogP contribution in [-0.4, -0.2) is 38.9 Å². The second kappa shape index (κ2) is 6.90. The zero-order chi connectivity index (χ0) is 15.3. The van der Waals surface area contributed by atoms with Crippen LogP contribution < -0.4 is 10.7 Å². The molecule has 110 valence electrons. The van der Waals surface area contributed by atoms with Crippen LogP contribution in [0, 0.1) is 0 Å². The van der Waals surface area contributed by atoms with E-state index in [0.29, 0.717) is 23.4 Å². The number of hydrogen-bond donors (Lipinski definition) is 2. The molecule has 0 radical (unpaired) electrons. The van der Waals surface area contributed by atoms with Crippen molar-refractivity contribution in [3.05, 3.63) is 24.8 Å². The predicted octanol–water partition coefficient (Wildman–Crippen LogP) is 1.84. The molecule has 0 aromatic heterocycles. The van der Waals surface area contributed by atoms with Gasteiger partial charge in [0.1, 0.15) is 0 Å². The lowest BCUT2D eigenvalue weighted by atomic mass is 10.2. The predicted molar refractivity (Wildman–Crippen MR) is 89.6 cm³/mol. The fourth-order valence-electron chi connectivity index (χ4n) is 1.53. The average molecular weight is 312 g/mol. The SMILES string of the molecule is C=CCNC(=S)N/N=C1\SC(C)(C)C(=O)N1CC(=C)C. The van der Waals surface area contributed by atoms with Crippen molar-refractivity contribution < 1.29 is 4.79 Å². The van der Waals surface area contributed by atoms with Gasteiger partial charge < -0.3 is 5.32 Å². The summed E-state index contributed by atoms with van der Waals surface area (Å²) in [5.74, 6) is 0.0241. The Balaban J connectivity index is 2.79. The molecule has 7 heteroatoms. The first-order valence-corrected chi connectivity index (χ1v) is 7.38. The number of carbonyl (C=O) groups excluding carboxylic acids is 1. The molecule has 1 fully saturated rings. The monoisotopic (exact) mass is 312 g/mol. The normalized spacial score (nSPS) is 19.1. The molecule has 1 heterocycles. The zero-order valence-electron chi connectivity index (χ0n) is 12.0. The van der Waals surface area contributed by atoms with Gasteiger partial charge in [0.05, 0.1) is 4.75 Å². The average Bonchev–Trinajstić information content (AvgIpc) is 2.56. The molecule has 0 unspecified atom stereocenters. The van der Waals surface area contributed by atoms with Gasteiger partial charge in [0, 0.05) is 13.1 Å². The fraction of sp³-hybridized carbons (Fsp3) is 0.462. The molecular formula is C13H20N4OS2. The lowest BCUT2D eigenvalue weighted by Gasteiger charge is -2.17. The van der Waals surface area contributed by atoms with E-state index in [9.17, 15) is 4.79 Å². The summed E-state index contributed by atoms with van der Waals surface area (Å²) < 4.78 is -0.522. The first-order chi connectivity index (χ1) is 9.27. The van der Waals surface area contributed by atoms with Crippen molar-refractivity contribution in [2.24, 2.45) is 5.10 Å². The molecule has 20 heavy (non-hydrogen) atoms. The van der Waals surface area contributed by atoms with Gasteiger partial charge in [-0.1, -0.05) is 30.0 Å². The Bertz CT molecular complexity index is 471. The van der Waals surface area contributed by atoms with Gasteiger partial charge in [0.2, 0.25) is 5.91 Å². The van der Waals surface area contributed by atoms with Crippen LogP contribution in [0.25, 0.3) is 0 Å². The highest BCUT2D eigenvalue weighted by atomic mass is 32.2. The molecular weight excluding hydrogens is 292 g/mol. The van der Waals surface area contributed by atoms with Crippen LogP contribution in [0.5, 0.6) is 0 Å². The second-order valence-corrected chi connectivity index (χ2v) is 6.96. The number of amides is 1. The lowest BCUT2D eigenvalue weighted by Crippen LogP contribution is -2.38. The van der Waals surface area contributed by atoms with Crippen molar-refractivity contribution in [1.82, 2.24) is 15.6 Å². The van der Waals surface area contributed by atoms with E-state index in [2.05, 4.69) is 29.0 Å².